The number of rotatable bonds is 5. The Morgan fingerprint density at radius 2 is 2.00 bits per heavy atom. The third-order valence-electron chi connectivity index (χ3n) is 4.88. The lowest BCUT2D eigenvalue weighted by Crippen LogP contribution is -2.30. The lowest BCUT2D eigenvalue weighted by Gasteiger charge is -2.23. The molecule has 0 atom stereocenters. The van der Waals surface area contributed by atoms with Crippen LogP contribution in [-0.4, -0.2) is 28.9 Å². The van der Waals surface area contributed by atoms with Gasteiger partial charge in [0.25, 0.3) is 5.91 Å². The molecule has 1 amide bonds. The van der Waals surface area contributed by atoms with Crippen molar-refractivity contribution in [2.75, 3.05) is 18.1 Å². The molecule has 140 valence electrons. The van der Waals surface area contributed by atoms with Crippen LogP contribution in [0.1, 0.15) is 39.8 Å². The van der Waals surface area contributed by atoms with Crippen molar-refractivity contribution >= 4 is 22.9 Å². The van der Waals surface area contributed by atoms with E-state index in [1.807, 2.05) is 64.5 Å². The highest BCUT2D eigenvalue weighted by Crippen LogP contribution is 2.24. The van der Waals surface area contributed by atoms with Crippen LogP contribution < -0.4 is 4.90 Å². The number of nitrogens with zero attached hydrogens (tertiary/aromatic N) is 3. The highest BCUT2D eigenvalue weighted by molar-refractivity contribution is 7.09. The van der Waals surface area contributed by atoms with Gasteiger partial charge in [-0.3, -0.25) is 9.48 Å². The molecule has 27 heavy (non-hydrogen) atoms. The predicted octanol–water partition coefficient (Wildman–Crippen LogP) is 4.45. The van der Waals surface area contributed by atoms with Gasteiger partial charge in [-0.05, 0) is 49.4 Å². The summed E-state index contributed by atoms with van der Waals surface area (Å²) in [4.78, 5) is 16.2. The van der Waals surface area contributed by atoms with E-state index in [4.69, 9.17) is 4.74 Å². The smallest absolute Gasteiger partial charge is 0.279 e. The Bertz CT molecular complexity index is 881. The van der Waals surface area contributed by atoms with Crippen molar-refractivity contribution in [1.82, 2.24) is 9.78 Å². The van der Waals surface area contributed by atoms with Gasteiger partial charge in [0.1, 0.15) is 0 Å². The van der Waals surface area contributed by atoms with E-state index in [0.29, 0.717) is 18.3 Å². The van der Waals surface area contributed by atoms with Gasteiger partial charge in [0.2, 0.25) is 0 Å². The molecule has 0 unspecified atom stereocenters. The molecule has 3 heterocycles. The number of carbonyl (C=O) groups is 1. The van der Waals surface area contributed by atoms with Gasteiger partial charge < -0.3 is 9.64 Å². The molecule has 1 fully saturated rings. The topological polar surface area (TPSA) is 47.4 Å². The van der Waals surface area contributed by atoms with E-state index in [-0.39, 0.29) is 5.91 Å². The molecule has 1 aliphatic rings. The summed E-state index contributed by atoms with van der Waals surface area (Å²) < 4.78 is 7.35. The van der Waals surface area contributed by atoms with Crippen molar-refractivity contribution in [2.24, 2.45) is 0 Å². The first kappa shape index (κ1) is 17.9. The van der Waals surface area contributed by atoms with Crippen LogP contribution in [0.3, 0.4) is 0 Å². The molecule has 0 radical (unpaired) electrons. The monoisotopic (exact) mass is 381 g/mol. The molecule has 6 heteroatoms. The van der Waals surface area contributed by atoms with Gasteiger partial charge in [-0.15, -0.1) is 11.3 Å². The second-order valence-electron chi connectivity index (χ2n) is 6.83. The quantitative estimate of drug-likeness (QED) is 0.656. The van der Waals surface area contributed by atoms with Crippen molar-refractivity contribution in [3.05, 3.63) is 70.2 Å². The summed E-state index contributed by atoms with van der Waals surface area (Å²) in [7, 11) is 0. The van der Waals surface area contributed by atoms with Gasteiger partial charge in [-0.25, -0.2) is 0 Å². The van der Waals surface area contributed by atoms with Crippen LogP contribution in [0.2, 0.25) is 0 Å². The van der Waals surface area contributed by atoms with Gasteiger partial charge in [0, 0.05) is 30.0 Å². The molecule has 0 spiro atoms. The summed E-state index contributed by atoms with van der Waals surface area (Å²) in [5.74, 6) is -0.0712. The van der Waals surface area contributed by atoms with Crippen molar-refractivity contribution in [2.45, 2.75) is 32.4 Å². The fourth-order valence-electron chi connectivity index (χ4n) is 3.31. The number of ether oxygens (including phenoxy) is 1. The Balaban J connectivity index is 1.60. The first-order chi connectivity index (χ1) is 13.2. The van der Waals surface area contributed by atoms with Crippen LogP contribution in [0.5, 0.6) is 0 Å². The van der Waals surface area contributed by atoms with E-state index in [2.05, 4.69) is 11.2 Å². The number of thiophene rings is 1. The average Bonchev–Trinajstić information content (AvgIpc) is 3.39. The van der Waals surface area contributed by atoms with E-state index in [0.717, 1.165) is 36.6 Å². The molecular formula is C21H23N3O2S. The maximum Gasteiger partial charge on any atom is 0.279 e. The molecule has 1 aliphatic heterocycles. The van der Waals surface area contributed by atoms with Crippen LogP contribution in [0.15, 0.2) is 54.0 Å². The van der Waals surface area contributed by atoms with Crippen LogP contribution in [-0.2, 0) is 11.3 Å². The summed E-state index contributed by atoms with van der Waals surface area (Å²) >= 11 is 1.66. The van der Waals surface area contributed by atoms with E-state index >= 15 is 0 Å². The predicted molar refractivity (Wildman–Crippen MR) is 107 cm³/mol. The summed E-state index contributed by atoms with van der Waals surface area (Å²) in [5.41, 5.74) is 2.55. The Labute approximate surface area is 163 Å². The second kappa shape index (κ2) is 8.06. The number of anilines is 1. The van der Waals surface area contributed by atoms with Gasteiger partial charge in [0.05, 0.1) is 12.6 Å². The Hall–Kier alpha value is -2.44. The number of aryl methyl sites for hydroxylation is 1. The maximum atomic E-state index is 13.3. The average molecular weight is 382 g/mol. The Kier molecular flexibility index (Phi) is 5.36. The molecule has 4 rings (SSSR count). The third kappa shape index (κ3) is 4.12. The van der Waals surface area contributed by atoms with E-state index in [9.17, 15) is 4.79 Å². The maximum absolute atomic E-state index is 13.3. The van der Waals surface area contributed by atoms with E-state index in [1.54, 1.807) is 11.3 Å². The Morgan fingerprint density at radius 1 is 1.22 bits per heavy atom. The second-order valence-corrected chi connectivity index (χ2v) is 7.86. The van der Waals surface area contributed by atoms with Crippen molar-refractivity contribution in [1.29, 1.82) is 0 Å². The van der Waals surface area contributed by atoms with Crippen LogP contribution >= 0.6 is 11.3 Å². The summed E-state index contributed by atoms with van der Waals surface area (Å²) in [6, 6.07) is 14.3. The number of benzene rings is 1. The number of hydrogen-bond donors (Lipinski definition) is 0. The van der Waals surface area contributed by atoms with E-state index in [1.165, 1.54) is 5.56 Å². The normalized spacial score (nSPS) is 15.0. The number of aromatic nitrogens is 2. The van der Waals surface area contributed by atoms with Gasteiger partial charge in [0.15, 0.2) is 5.69 Å². The van der Waals surface area contributed by atoms with Gasteiger partial charge in [-0.1, -0.05) is 23.8 Å². The number of carbonyl (C=O) groups excluding carboxylic acids is 1. The molecule has 2 aromatic heterocycles. The fourth-order valence-corrected chi connectivity index (χ4v) is 4.00. The fraction of sp³-hybridized carbons (Fsp3) is 0.333. The van der Waals surface area contributed by atoms with E-state index < -0.39 is 0 Å². The minimum absolute atomic E-state index is 0.0712. The number of hydrogen-bond acceptors (Lipinski definition) is 4. The van der Waals surface area contributed by atoms with Crippen molar-refractivity contribution in [3.8, 4) is 0 Å². The molecule has 3 aromatic rings. The SMILES string of the molecule is Cc1ccc(N(Cc2cccs2)C(=O)c2ccn(C3CCOCC3)n2)cc1. The lowest BCUT2D eigenvalue weighted by molar-refractivity contribution is 0.0660. The Morgan fingerprint density at radius 3 is 2.70 bits per heavy atom. The zero-order valence-electron chi connectivity index (χ0n) is 15.4. The number of amides is 1. The van der Waals surface area contributed by atoms with Gasteiger partial charge in [-0.2, -0.15) is 5.10 Å². The first-order valence-corrected chi connectivity index (χ1v) is 10.1. The zero-order valence-corrected chi connectivity index (χ0v) is 16.2. The summed E-state index contributed by atoms with van der Waals surface area (Å²) in [5, 5.41) is 6.64. The minimum Gasteiger partial charge on any atom is -0.381 e. The van der Waals surface area contributed by atoms with Crippen molar-refractivity contribution < 1.29 is 9.53 Å². The molecule has 0 bridgehead atoms. The standard InChI is InChI=1S/C21H23N3O2S/c1-16-4-6-17(7-5-16)23(15-19-3-2-14-27-19)21(25)20-8-11-24(22-20)18-9-12-26-13-10-18/h2-8,11,14,18H,9-10,12-13,15H2,1H3. The largest absolute Gasteiger partial charge is 0.381 e. The first-order valence-electron chi connectivity index (χ1n) is 9.24. The molecule has 0 saturated carbocycles. The van der Waals surface area contributed by atoms with Crippen LogP contribution in [0.4, 0.5) is 5.69 Å². The van der Waals surface area contributed by atoms with Crippen LogP contribution in [0.25, 0.3) is 0 Å². The third-order valence-corrected chi connectivity index (χ3v) is 5.74. The molecule has 1 aromatic carbocycles. The highest BCUT2D eigenvalue weighted by atomic mass is 32.1. The minimum atomic E-state index is -0.0712. The zero-order chi connectivity index (χ0) is 18.6. The molecule has 0 aliphatic carbocycles. The molecular weight excluding hydrogens is 358 g/mol. The molecule has 1 saturated heterocycles. The van der Waals surface area contributed by atoms with Crippen LogP contribution in [0, 0.1) is 6.92 Å². The van der Waals surface area contributed by atoms with Gasteiger partial charge >= 0.3 is 0 Å². The molecule has 0 N–H and O–H groups in total. The van der Waals surface area contributed by atoms with Crippen molar-refractivity contribution in [3.63, 3.8) is 0 Å². The molecule has 5 nitrogen and oxygen atoms in total. The summed E-state index contributed by atoms with van der Waals surface area (Å²) in [6.07, 6.45) is 3.79. The lowest BCUT2D eigenvalue weighted by atomic mass is 10.1. The highest BCUT2D eigenvalue weighted by Gasteiger charge is 2.23. The summed E-state index contributed by atoms with van der Waals surface area (Å²) in [6.45, 7) is 4.10.